The van der Waals surface area contributed by atoms with E-state index in [9.17, 15) is 22.4 Å². The SMILES string of the molecule is O=C(NNC(=O)C1CC1)c1cc(S(=O)(=O)N2CCOCC2)ccc1F. The third-order valence-corrected chi connectivity index (χ3v) is 5.93. The van der Waals surface area contributed by atoms with Crippen molar-refractivity contribution in [2.75, 3.05) is 26.3 Å². The normalized spacial score (nSPS) is 18.6. The number of carbonyl (C=O) groups is 2. The highest BCUT2D eigenvalue weighted by atomic mass is 32.2. The predicted molar refractivity (Wildman–Crippen MR) is 84.3 cm³/mol. The van der Waals surface area contributed by atoms with Gasteiger partial charge in [0.2, 0.25) is 15.9 Å². The van der Waals surface area contributed by atoms with Crippen LogP contribution in [-0.4, -0.2) is 50.8 Å². The molecular weight excluding hydrogens is 353 g/mol. The van der Waals surface area contributed by atoms with E-state index in [2.05, 4.69) is 10.9 Å². The second-order valence-corrected chi connectivity index (χ2v) is 7.81. The summed E-state index contributed by atoms with van der Waals surface area (Å²) in [5.41, 5.74) is 3.87. The van der Waals surface area contributed by atoms with Gasteiger partial charge in [-0.3, -0.25) is 20.4 Å². The van der Waals surface area contributed by atoms with Crippen molar-refractivity contribution in [3.05, 3.63) is 29.6 Å². The first-order chi connectivity index (χ1) is 11.9. The summed E-state index contributed by atoms with van der Waals surface area (Å²) in [7, 11) is -3.85. The standard InChI is InChI=1S/C15H18FN3O5S/c16-13-4-3-11(25(22,23)19-5-7-24-8-6-19)9-12(13)15(21)18-17-14(20)10-1-2-10/h3-4,9-10H,1-2,5-8H2,(H,17,20)(H,18,21). The molecule has 1 saturated carbocycles. The highest BCUT2D eigenvalue weighted by Gasteiger charge is 2.30. The lowest BCUT2D eigenvalue weighted by Gasteiger charge is -2.26. The maximum Gasteiger partial charge on any atom is 0.272 e. The van der Waals surface area contributed by atoms with E-state index in [4.69, 9.17) is 4.74 Å². The molecule has 8 nitrogen and oxygen atoms in total. The lowest BCUT2D eigenvalue weighted by Crippen LogP contribution is -2.43. The summed E-state index contributed by atoms with van der Waals surface area (Å²) in [6.07, 6.45) is 1.51. The molecule has 0 radical (unpaired) electrons. The van der Waals surface area contributed by atoms with Crippen LogP contribution in [0.4, 0.5) is 4.39 Å². The molecule has 0 atom stereocenters. The molecule has 3 rings (SSSR count). The van der Waals surface area contributed by atoms with Gasteiger partial charge in [-0.15, -0.1) is 0 Å². The number of rotatable bonds is 4. The first-order valence-corrected chi connectivity index (χ1v) is 9.31. The van der Waals surface area contributed by atoms with Gasteiger partial charge in [0.25, 0.3) is 5.91 Å². The van der Waals surface area contributed by atoms with Crippen LogP contribution in [0.3, 0.4) is 0 Å². The van der Waals surface area contributed by atoms with Gasteiger partial charge < -0.3 is 4.74 Å². The quantitative estimate of drug-likeness (QED) is 0.726. The summed E-state index contributed by atoms with van der Waals surface area (Å²) in [4.78, 5) is 23.4. The van der Waals surface area contributed by atoms with Gasteiger partial charge in [0.1, 0.15) is 5.82 Å². The van der Waals surface area contributed by atoms with Gasteiger partial charge in [0, 0.05) is 19.0 Å². The first-order valence-electron chi connectivity index (χ1n) is 7.87. The third-order valence-electron chi connectivity index (χ3n) is 4.04. The lowest BCUT2D eigenvalue weighted by atomic mass is 10.2. The van der Waals surface area contributed by atoms with E-state index in [1.807, 2.05) is 0 Å². The third kappa shape index (κ3) is 3.97. The summed E-state index contributed by atoms with van der Waals surface area (Å²) in [6.45, 7) is 0.944. The van der Waals surface area contributed by atoms with E-state index >= 15 is 0 Å². The summed E-state index contributed by atoms with van der Waals surface area (Å²) >= 11 is 0. The molecule has 2 fully saturated rings. The van der Waals surface area contributed by atoms with Crippen LogP contribution in [0, 0.1) is 11.7 Å². The number of benzene rings is 1. The fourth-order valence-corrected chi connectivity index (χ4v) is 3.84. The molecule has 1 aromatic carbocycles. The molecule has 2 aliphatic rings. The number of hydrogen-bond donors (Lipinski definition) is 2. The molecule has 10 heteroatoms. The molecule has 0 spiro atoms. The Labute approximate surface area is 144 Å². The maximum absolute atomic E-state index is 13.9. The van der Waals surface area contributed by atoms with Crippen molar-refractivity contribution in [3.63, 3.8) is 0 Å². The highest BCUT2D eigenvalue weighted by Crippen LogP contribution is 2.28. The van der Waals surface area contributed by atoms with Crippen molar-refractivity contribution >= 4 is 21.8 Å². The van der Waals surface area contributed by atoms with E-state index < -0.39 is 27.3 Å². The van der Waals surface area contributed by atoms with Crippen molar-refractivity contribution in [2.24, 2.45) is 5.92 Å². The van der Waals surface area contributed by atoms with E-state index in [0.29, 0.717) is 0 Å². The molecule has 1 aliphatic carbocycles. The molecule has 1 aromatic rings. The van der Waals surface area contributed by atoms with Crippen LogP contribution in [0.15, 0.2) is 23.1 Å². The fraction of sp³-hybridized carbons (Fsp3) is 0.467. The Balaban J connectivity index is 1.77. The van der Waals surface area contributed by atoms with Gasteiger partial charge in [0.05, 0.1) is 23.7 Å². The van der Waals surface area contributed by atoms with Crippen molar-refractivity contribution in [3.8, 4) is 0 Å². The predicted octanol–water partition coefficient (Wildman–Crippen LogP) is 0.0176. The average Bonchev–Trinajstić information content (AvgIpc) is 3.45. The molecule has 1 saturated heterocycles. The second-order valence-electron chi connectivity index (χ2n) is 5.88. The Morgan fingerprint density at radius 2 is 1.84 bits per heavy atom. The van der Waals surface area contributed by atoms with Crippen molar-refractivity contribution in [1.82, 2.24) is 15.2 Å². The molecule has 25 heavy (non-hydrogen) atoms. The molecule has 136 valence electrons. The first kappa shape index (κ1) is 17.8. The van der Waals surface area contributed by atoms with Crippen molar-refractivity contribution in [2.45, 2.75) is 17.7 Å². The number of hydrogen-bond acceptors (Lipinski definition) is 5. The van der Waals surface area contributed by atoms with Gasteiger partial charge in [0.15, 0.2) is 0 Å². The van der Waals surface area contributed by atoms with Crippen LogP contribution < -0.4 is 10.9 Å². The van der Waals surface area contributed by atoms with Crippen LogP contribution in [-0.2, 0) is 19.6 Å². The number of hydrazine groups is 1. The number of morpholine rings is 1. The molecule has 0 aromatic heterocycles. The summed E-state index contributed by atoms with van der Waals surface area (Å²) in [5.74, 6) is -2.26. The minimum atomic E-state index is -3.85. The van der Waals surface area contributed by atoms with E-state index in [1.54, 1.807) is 0 Å². The van der Waals surface area contributed by atoms with Crippen LogP contribution in [0.2, 0.25) is 0 Å². The zero-order chi connectivity index (χ0) is 18.0. The second kappa shape index (κ2) is 7.06. The molecule has 1 aliphatic heterocycles. The van der Waals surface area contributed by atoms with Gasteiger partial charge in [-0.2, -0.15) is 4.31 Å². The number of carbonyl (C=O) groups excluding carboxylic acids is 2. The zero-order valence-corrected chi connectivity index (χ0v) is 14.1. The minimum Gasteiger partial charge on any atom is -0.379 e. The van der Waals surface area contributed by atoms with Crippen LogP contribution in [0.5, 0.6) is 0 Å². The summed E-state index contributed by atoms with van der Waals surface area (Å²) < 4.78 is 45.5. The largest absolute Gasteiger partial charge is 0.379 e. The van der Waals surface area contributed by atoms with Gasteiger partial charge in [-0.1, -0.05) is 0 Å². The number of nitrogens with zero attached hydrogens (tertiary/aromatic N) is 1. The molecule has 2 N–H and O–H groups in total. The van der Waals surface area contributed by atoms with Crippen LogP contribution in [0.25, 0.3) is 0 Å². The summed E-state index contributed by atoms with van der Waals surface area (Å²) in [5, 5.41) is 0. The van der Waals surface area contributed by atoms with Crippen molar-refractivity contribution in [1.29, 1.82) is 0 Å². The van der Waals surface area contributed by atoms with E-state index in [-0.39, 0.29) is 43.0 Å². The number of ether oxygens (including phenoxy) is 1. The lowest BCUT2D eigenvalue weighted by molar-refractivity contribution is -0.123. The van der Waals surface area contributed by atoms with Crippen molar-refractivity contribution < 1.29 is 27.1 Å². The van der Waals surface area contributed by atoms with Crippen LogP contribution in [0.1, 0.15) is 23.2 Å². The highest BCUT2D eigenvalue weighted by molar-refractivity contribution is 7.89. The number of sulfonamides is 1. The smallest absolute Gasteiger partial charge is 0.272 e. The Morgan fingerprint density at radius 1 is 1.16 bits per heavy atom. The maximum atomic E-state index is 13.9. The van der Waals surface area contributed by atoms with Gasteiger partial charge in [-0.05, 0) is 31.0 Å². The zero-order valence-electron chi connectivity index (χ0n) is 13.3. The van der Waals surface area contributed by atoms with Gasteiger partial charge in [-0.25, -0.2) is 12.8 Å². The molecule has 1 heterocycles. The average molecular weight is 371 g/mol. The summed E-state index contributed by atoms with van der Waals surface area (Å²) in [6, 6.07) is 3.00. The molecule has 0 unspecified atom stereocenters. The molecular formula is C15H18FN3O5S. The monoisotopic (exact) mass is 371 g/mol. The van der Waals surface area contributed by atoms with E-state index in [0.717, 1.165) is 31.0 Å². The Hall–Kier alpha value is -2.04. The van der Waals surface area contributed by atoms with E-state index in [1.165, 1.54) is 4.31 Å². The Kier molecular flexibility index (Phi) is 5.02. The molecule has 2 amide bonds. The fourth-order valence-electron chi connectivity index (χ4n) is 2.41. The number of nitrogens with one attached hydrogen (secondary N) is 2. The Morgan fingerprint density at radius 3 is 2.48 bits per heavy atom. The van der Waals surface area contributed by atoms with Gasteiger partial charge >= 0.3 is 0 Å². The number of amides is 2. The minimum absolute atomic E-state index is 0.127. The molecule has 0 bridgehead atoms. The number of halogens is 1. The topological polar surface area (TPSA) is 105 Å². The van der Waals surface area contributed by atoms with Crippen LogP contribution >= 0.6 is 0 Å². The Bertz CT molecular complexity index is 788.